The lowest BCUT2D eigenvalue weighted by molar-refractivity contribution is -0.120. The average molecular weight is 301 g/mol. The number of nitrogens with one attached hydrogen (secondary N) is 2. The van der Waals surface area contributed by atoms with Crippen LogP contribution in [0.25, 0.3) is 0 Å². The molecule has 1 aliphatic heterocycles. The van der Waals surface area contributed by atoms with Gasteiger partial charge in [-0.15, -0.1) is 12.4 Å². The van der Waals surface area contributed by atoms with Crippen molar-refractivity contribution in [2.75, 3.05) is 32.6 Å². The van der Waals surface area contributed by atoms with Crippen molar-refractivity contribution in [1.82, 2.24) is 5.32 Å². The van der Waals surface area contributed by atoms with Crippen LogP contribution in [0.4, 0.5) is 5.69 Å². The van der Waals surface area contributed by atoms with Gasteiger partial charge < -0.3 is 20.1 Å². The summed E-state index contributed by atoms with van der Waals surface area (Å²) in [6.45, 7) is 1.74. The van der Waals surface area contributed by atoms with Gasteiger partial charge in [-0.2, -0.15) is 0 Å². The normalized spacial score (nSPS) is 17.8. The molecule has 5 nitrogen and oxygen atoms in total. The molecule has 1 atom stereocenters. The summed E-state index contributed by atoms with van der Waals surface area (Å²) in [6, 6.07) is 5.36. The molecule has 0 aromatic heterocycles. The fourth-order valence-corrected chi connectivity index (χ4v) is 2.21. The fourth-order valence-electron chi connectivity index (χ4n) is 2.21. The summed E-state index contributed by atoms with van der Waals surface area (Å²) in [5.74, 6) is 1.38. The highest BCUT2D eigenvalue weighted by atomic mass is 35.5. The number of hydrogen-bond acceptors (Lipinski definition) is 4. The Balaban J connectivity index is 0.00000200. The molecule has 1 aliphatic rings. The van der Waals surface area contributed by atoms with Crippen molar-refractivity contribution in [2.24, 2.45) is 5.92 Å². The summed E-state index contributed by atoms with van der Waals surface area (Å²) >= 11 is 0. The van der Waals surface area contributed by atoms with Crippen LogP contribution in [0.15, 0.2) is 18.2 Å². The van der Waals surface area contributed by atoms with Crippen LogP contribution in [0, 0.1) is 5.92 Å². The third-order valence-electron chi connectivity index (χ3n) is 3.33. The molecule has 2 rings (SSSR count). The number of amides is 1. The van der Waals surface area contributed by atoms with Crippen LogP contribution in [-0.2, 0) is 4.79 Å². The highest BCUT2D eigenvalue weighted by Gasteiger charge is 2.21. The van der Waals surface area contributed by atoms with Gasteiger partial charge in [-0.05, 0) is 31.5 Å². The van der Waals surface area contributed by atoms with Crippen LogP contribution in [-0.4, -0.2) is 33.2 Å². The Morgan fingerprint density at radius 1 is 1.35 bits per heavy atom. The van der Waals surface area contributed by atoms with Crippen molar-refractivity contribution in [3.05, 3.63) is 18.2 Å². The first-order chi connectivity index (χ1) is 9.24. The van der Waals surface area contributed by atoms with Gasteiger partial charge in [0.25, 0.3) is 0 Å². The molecule has 20 heavy (non-hydrogen) atoms. The number of methoxy groups -OCH3 is 2. The van der Waals surface area contributed by atoms with Crippen molar-refractivity contribution >= 4 is 24.0 Å². The third kappa shape index (κ3) is 4.02. The largest absolute Gasteiger partial charge is 0.497 e. The van der Waals surface area contributed by atoms with Gasteiger partial charge in [0.2, 0.25) is 5.91 Å². The molecule has 1 heterocycles. The SMILES string of the molecule is COc1ccc(NC(=O)C2CCCNC2)c(OC)c1.Cl. The summed E-state index contributed by atoms with van der Waals surface area (Å²) in [5, 5.41) is 6.16. The van der Waals surface area contributed by atoms with Crippen molar-refractivity contribution in [2.45, 2.75) is 12.8 Å². The van der Waals surface area contributed by atoms with Crippen LogP contribution in [0.5, 0.6) is 11.5 Å². The summed E-state index contributed by atoms with van der Waals surface area (Å²) in [4.78, 5) is 12.2. The molecule has 1 aromatic rings. The van der Waals surface area contributed by atoms with Crippen LogP contribution < -0.4 is 20.1 Å². The highest BCUT2D eigenvalue weighted by molar-refractivity contribution is 5.94. The Morgan fingerprint density at radius 3 is 2.75 bits per heavy atom. The van der Waals surface area contributed by atoms with Gasteiger partial charge in [-0.25, -0.2) is 0 Å². The predicted molar refractivity (Wildman–Crippen MR) is 81.0 cm³/mol. The standard InChI is InChI=1S/C14H20N2O3.ClH/c1-18-11-5-6-12(13(8-11)19-2)16-14(17)10-4-3-7-15-9-10;/h5-6,8,10,15H,3-4,7,9H2,1-2H3,(H,16,17);1H. The zero-order valence-electron chi connectivity index (χ0n) is 11.8. The molecule has 1 amide bonds. The number of halogens is 1. The van der Waals surface area contributed by atoms with Crippen LogP contribution in [0.3, 0.4) is 0 Å². The molecule has 1 saturated heterocycles. The summed E-state index contributed by atoms with van der Waals surface area (Å²) in [7, 11) is 3.17. The van der Waals surface area contributed by atoms with E-state index in [4.69, 9.17) is 9.47 Å². The lowest BCUT2D eigenvalue weighted by Crippen LogP contribution is -2.37. The topological polar surface area (TPSA) is 59.6 Å². The molecular formula is C14H21ClN2O3. The molecular weight excluding hydrogens is 280 g/mol. The van der Waals surface area contributed by atoms with E-state index in [-0.39, 0.29) is 24.2 Å². The number of rotatable bonds is 4. The molecule has 0 spiro atoms. The minimum atomic E-state index is 0. The average Bonchev–Trinajstić information content (AvgIpc) is 2.48. The molecule has 1 unspecified atom stereocenters. The number of hydrogen-bond donors (Lipinski definition) is 2. The number of ether oxygens (including phenoxy) is 2. The maximum atomic E-state index is 12.2. The number of carbonyl (C=O) groups excluding carboxylic acids is 1. The van der Waals surface area contributed by atoms with E-state index in [1.807, 2.05) is 0 Å². The Bertz CT molecular complexity index is 448. The summed E-state index contributed by atoms with van der Waals surface area (Å²) < 4.78 is 10.4. The molecule has 2 N–H and O–H groups in total. The van der Waals surface area contributed by atoms with E-state index in [0.29, 0.717) is 17.2 Å². The molecule has 0 bridgehead atoms. The van der Waals surface area contributed by atoms with Crippen LogP contribution >= 0.6 is 12.4 Å². The van der Waals surface area contributed by atoms with Crippen molar-refractivity contribution in [3.8, 4) is 11.5 Å². The van der Waals surface area contributed by atoms with Gasteiger partial charge in [0, 0.05) is 12.6 Å². The first-order valence-corrected chi connectivity index (χ1v) is 6.48. The lowest BCUT2D eigenvalue weighted by Gasteiger charge is -2.22. The van der Waals surface area contributed by atoms with Gasteiger partial charge >= 0.3 is 0 Å². The Morgan fingerprint density at radius 2 is 2.15 bits per heavy atom. The molecule has 112 valence electrons. The maximum absolute atomic E-state index is 12.2. The molecule has 0 saturated carbocycles. The highest BCUT2D eigenvalue weighted by Crippen LogP contribution is 2.29. The molecule has 1 fully saturated rings. The van der Waals surface area contributed by atoms with Crippen molar-refractivity contribution in [3.63, 3.8) is 0 Å². The number of carbonyl (C=O) groups is 1. The summed E-state index contributed by atoms with van der Waals surface area (Å²) in [5.41, 5.74) is 0.680. The molecule has 1 aromatic carbocycles. The Kier molecular flexibility index (Phi) is 6.61. The van der Waals surface area contributed by atoms with Crippen LogP contribution in [0.1, 0.15) is 12.8 Å². The second-order valence-electron chi connectivity index (χ2n) is 4.60. The third-order valence-corrected chi connectivity index (χ3v) is 3.33. The van der Waals surface area contributed by atoms with Gasteiger partial charge in [-0.1, -0.05) is 0 Å². The quantitative estimate of drug-likeness (QED) is 0.893. The first-order valence-electron chi connectivity index (χ1n) is 6.48. The number of piperidine rings is 1. The zero-order chi connectivity index (χ0) is 13.7. The van der Waals surface area contributed by atoms with Gasteiger partial charge in [0.05, 0.1) is 25.8 Å². The molecule has 6 heteroatoms. The second kappa shape index (κ2) is 7.97. The molecule has 0 radical (unpaired) electrons. The number of benzene rings is 1. The van der Waals surface area contributed by atoms with E-state index >= 15 is 0 Å². The predicted octanol–water partition coefficient (Wildman–Crippen LogP) is 2.06. The summed E-state index contributed by atoms with van der Waals surface area (Å²) in [6.07, 6.45) is 1.97. The number of anilines is 1. The van der Waals surface area contributed by atoms with E-state index in [0.717, 1.165) is 25.9 Å². The van der Waals surface area contributed by atoms with Crippen molar-refractivity contribution in [1.29, 1.82) is 0 Å². The second-order valence-corrected chi connectivity index (χ2v) is 4.60. The van der Waals surface area contributed by atoms with E-state index in [9.17, 15) is 4.79 Å². The monoisotopic (exact) mass is 300 g/mol. The minimum absolute atomic E-state index is 0. The zero-order valence-corrected chi connectivity index (χ0v) is 12.6. The van der Waals surface area contributed by atoms with E-state index in [2.05, 4.69) is 10.6 Å². The van der Waals surface area contributed by atoms with E-state index in [1.165, 1.54) is 0 Å². The van der Waals surface area contributed by atoms with Gasteiger partial charge in [0.15, 0.2) is 0 Å². The Labute approximate surface area is 125 Å². The van der Waals surface area contributed by atoms with Crippen LogP contribution in [0.2, 0.25) is 0 Å². The van der Waals surface area contributed by atoms with E-state index in [1.54, 1.807) is 32.4 Å². The maximum Gasteiger partial charge on any atom is 0.228 e. The van der Waals surface area contributed by atoms with Gasteiger partial charge in [-0.3, -0.25) is 4.79 Å². The Hall–Kier alpha value is -1.46. The van der Waals surface area contributed by atoms with E-state index < -0.39 is 0 Å². The van der Waals surface area contributed by atoms with Crippen molar-refractivity contribution < 1.29 is 14.3 Å². The van der Waals surface area contributed by atoms with Gasteiger partial charge in [0.1, 0.15) is 11.5 Å². The first kappa shape index (κ1) is 16.6. The minimum Gasteiger partial charge on any atom is -0.497 e. The smallest absolute Gasteiger partial charge is 0.228 e. The lowest BCUT2D eigenvalue weighted by atomic mass is 9.99. The fraction of sp³-hybridized carbons (Fsp3) is 0.500. The molecule has 0 aliphatic carbocycles.